The first-order valence-corrected chi connectivity index (χ1v) is 5.73. The lowest BCUT2D eigenvalue weighted by Gasteiger charge is -2.17. The van der Waals surface area contributed by atoms with Crippen LogP contribution in [0.2, 0.25) is 0 Å². The van der Waals surface area contributed by atoms with E-state index in [-0.39, 0.29) is 0 Å². The van der Waals surface area contributed by atoms with Gasteiger partial charge in [0.05, 0.1) is 6.10 Å². The fraction of sp³-hybridized carbons (Fsp3) is 0.500. The van der Waals surface area contributed by atoms with Crippen molar-refractivity contribution < 1.29 is 10.2 Å². The normalized spacial score (nSPS) is 14.9. The molecule has 2 N–H and O–H groups in total. The molecule has 2 unspecified atom stereocenters. The minimum absolute atomic E-state index is 0.352. The van der Waals surface area contributed by atoms with Gasteiger partial charge in [0, 0.05) is 5.88 Å². The molecule has 0 saturated carbocycles. The van der Waals surface area contributed by atoms with Crippen LogP contribution in [0.15, 0.2) is 24.3 Å². The van der Waals surface area contributed by atoms with Crippen molar-refractivity contribution in [1.29, 1.82) is 0 Å². The van der Waals surface area contributed by atoms with E-state index in [1.807, 2.05) is 24.3 Å². The summed E-state index contributed by atoms with van der Waals surface area (Å²) >= 11 is 5.50. The second kappa shape index (κ2) is 6.11. The van der Waals surface area contributed by atoms with Gasteiger partial charge >= 0.3 is 0 Å². The van der Waals surface area contributed by atoms with Crippen LogP contribution < -0.4 is 0 Å². The van der Waals surface area contributed by atoms with E-state index in [1.165, 1.54) is 5.56 Å². The third kappa shape index (κ3) is 3.49. The third-order valence-corrected chi connectivity index (χ3v) is 2.72. The fourth-order valence-corrected chi connectivity index (χ4v) is 1.67. The highest BCUT2D eigenvalue weighted by molar-refractivity contribution is 6.17. The number of benzene rings is 1. The van der Waals surface area contributed by atoms with Crippen LogP contribution in [-0.4, -0.2) is 22.2 Å². The Kier molecular flexibility index (Phi) is 5.09. The molecule has 1 aromatic carbocycles. The molecule has 0 fully saturated rings. The molecule has 15 heavy (non-hydrogen) atoms. The molecule has 0 amide bonds. The topological polar surface area (TPSA) is 40.5 Å². The second-order valence-electron chi connectivity index (χ2n) is 3.58. The smallest absolute Gasteiger partial charge is 0.105 e. The molecule has 0 heterocycles. The zero-order valence-corrected chi connectivity index (χ0v) is 9.61. The summed E-state index contributed by atoms with van der Waals surface area (Å²) in [5.41, 5.74) is 1.96. The first-order chi connectivity index (χ1) is 7.19. The van der Waals surface area contributed by atoms with Gasteiger partial charge in [-0.25, -0.2) is 0 Å². The fourth-order valence-electron chi connectivity index (χ4n) is 1.44. The van der Waals surface area contributed by atoms with Gasteiger partial charge in [0.1, 0.15) is 6.10 Å². The highest BCUT2D eigenvalue weighted by atomic mass is 35.5. The number of hydrogen-bond donors (Lipinski definition) is 2. The minimum Gasteiger partial charge on any atom is -0.390 e. The molecule has 3 heteroatoms. The Morgan fingerprint density at radius 3 is 2.27 bits per heavy atom. The molecular formula is C12H17ClO2. The first-order valence-electron chi connectivity index (χ1n) is 5.20. The van der Waals surface area contributed by atoms with Crippen molar-refractivity contribution in [3.05, 3.63) is 35.4 Å². The van der Waals surface area contributed by atoms with Gasteiger partial charge in [0.15, 0.2) is 0 Å². The van der Waals surface area contributed by atoms with Crippen LogP contribution in [0.5, 0.6) is 0 Å². The molecule has 84 valence electrons. The SMILES string of the molecule is CCc1ccc(C(O)C(O)CCCl)cc1. The van der Waals surface area contributed by atoms with Crippen molar-refractivity contribution in [1.82, 2.24) is 0 Å². The highest BCUT2D eigenvalue weighted by Crippen LogP contribution is 2.19. The van der Waals surface area contributed by atoms with Crippen molar-refractivity contribution in [3.63, 3.8) is 0 Å². The van der Waals surface area contributed by atoms with Crippen LogP contribution in [0.4, 0.5) is 0 Å². The highest BCUT2D eigenvalue weighted by Gasteiger charge is 2.17. The van der Waals surface area contributed by atoms with Crippen LogP contribution in [0, 0.1) is 0 Å². The Balaban J connectivity index is 2.69. The zero-order valence-electron chi connectivity index (χ0n) is 8.86. The van der Waals surface area contributed by atoms with Crippen molar-refractivity contribution >= 4 is 11.6 Å². The number of aryl methyl sites for hydroxylation is 1. The van der Waals surface area contributed by atoms with Crippen molar-refractivity contribution in [2.24, 2.45) is 0 Å². The van der Waals surface area contributed by atoms with Crippen LogP contribution in [0.1, 0.15) is 30.6 Å². The number of aliphatic hydroxyl groups excluding tert-OH is 2. The van der Waals surface area contributed by atoms with E-state index in [2.05, 4.69) is 6.92 Å². The first kappa shape index (κ1) is 12.5. The van der Waals surface area contributed by atoms with Crippen LogP contribution >= 0.6 is 11.6 Å². The van der Waals surface area contributed by atoms with Crippen molar-refractivity contribution in [2.75, 3.05) is 5.88 Å². The zero-order chi connectivity index (χ0) is 11.3. The Morgan fingerprint density at radius 2 is 1.80 bits per heavy atom. The lowest BCUT2D eigenvalue weighted by Crippen LogP contribution is -2.18. The van der Waals surface area contributed by atoms with Gasteiger partial charge in [0.25, 0.3) is 0 Å². The predicted octanol–water partition coefficient (Wildman–Crippen LogP) is 2.27. The molecule has 0 bridgehead atoms. The van der Waals surface area contributed by atoms with Crippen LogP contribution in [-0.2, 0) is 6.42 Å². The number of rotatable bonds is 5. The Hall–Kier alpha value is -0.570. The van der Waals surface area contributed by atoms with Crippen molar-refractivity contribution in [3.8, 4) is 0 Å². The van der Waals surface area contributed by atoms with Gasteiger partial charge in [-0.05, 0) is 24.0 Å². The van der Waals surface area contributed by atoms with Gasteiger partial charge < -0.3 is 10.2 Å². The van der Waals surface area contributed by atoms with Gasteiger partial charge in [-0.3, -0.25) is 0 Å². The molecule has 2 atom stereocenters. The molecule has 0 aliphatic carbocycles. The monoisotopic (exact) mass is 228 g/mol. The molecule has 0 radical (unpaired) electrons. The molecule has 0 aliphatic heterocycles. The average molecular weight is 229 g/mol. The maximum absolute atomic E-state index is 9.78. The van der Waals surface area contributed by atoms with Gasteiger partial charge in [-0.1, -0.05) is 31.2 Å². The molecule has 0 spiro atoms. The van der Waals surface area contributed by atoms with Gasteiger partial charge in [-0.2, -0.15) is 0 Å². The minimum atomic E-state index is -0.838. The Morgan fingerprint density at radius 1 is 1.20 bits per heavy atom. The summed E-state index contributed by atoms with van der Waals surface area (Å²) in [5, 5.41) is 19.3. The molecule has 1 rings (SSSR count). The molecule has 0 saturated heterocycles. The summed E-state index contributed by atoms with van der Waals surface area (Å²) in [5.74, 6) is 0.352. The molecule has 0 aliphatic rings. The maximum atomic E-state index is 9.78. The van der Waals surface area contributed by atoms with Gasteiger partial charge in [-0.15, -0.1) is 11.6 Å². The van der Waals surface area contributed by atoms with Gasteiger partial charge in [0.2, 0.25) is 0 Å². The van der Waals surface area contributed by atoms with E-state index in [0.29, 0.717) is 12.3 Å². The molecular weight excluding hydrogens is 212 g/mol. The quantitative estimate of drug-likeness (QED) is 0.760. The molecule has 1 aromatic rings. The van der Waals surface area contributed by atoms with E-state index in [0.717, 1.165) is 12.0 Å². The molecule has 2 nitrogen and oxygen atoms in total. The summed E-state index contributed by atoms with van der Waals surface area (Å²) in [6.45, 7) is 2.08. The maximum Gasteiger partial charge on any atom is 0.105 e. The molecule has 0 aromatic heterocycles. The Labute approximate surface area is 95.5 Å². The van der Waals surface area contributed by atoms with E-state index in [9.17, 15) is 10.2 Å². The summed E-state index contributed by atoms with van der Waals surface area (Å²) < 4.78 is 0. The standard InChI is InChI=1S/C12H17ClO2/c1-2-9-3-5-10(6-4-9)12(15)11(14)7-8-13/h3-6,11-12,14-15H,2,7-8H2,1H3. The van der Waals surface area contributed by atoms with E-state index in [4.69, 9.17) is 11.6 Å². The number of hydrogen-bond acceptors (Lipinski definition) is 2. The summed E-state index contributed by atoms with van der Waals surface area (Å²) in [4.78, 5) is 0. The Bertz CT molecular complexity index is 284. The number of aliphatic hydroxyl groups is 2. The lowest BCUT2D eigenvalue weighted by atomic mass is 10.0. The second-order valence-corrected chi connectivity index (χ2v) is 3.96. The van der Waals surface area contributed by atoms with E-state index < -0.39 is 12.2 Å². The predicted molar refractivity (Wildman–Crippen MR) is 62.1 cm³/mol. The number of halogens is 1. The van der Waals surface area contributed by atoms with E-state index in [1.54, 1.807) is 0 Å². The summed E-state index contributed by atoms with van der Waals surface area (Å²) in [6.07, 6.45) is -0.247. The summed E-state index contributed by atoms with van der Waals surface area (Å²) in [6, 6.07) is 7.62. The lowest BCUT2D eigenvalue weighted by molar-refractivity contribution is 0.0170. The van der Waals surface area contributed by atoms with E-state index >= 15 is 0 Å². The largest absolute Gasteiger partial charge is 0.390 e. The van der Waals surface area contributed by atoms with Crippen LogP contribution in [0.25, 0.3) is 0 Å². The van der Waals surface area contributed by atoms with Crippen molar-refractivity contribution in [2.45, 2.75) is 32.0 Å². The average Bonchev–Trinajstić information content (AvgIpc) is 2.28. The summed E-state index contributed by atoms with van der Waals surface area (Å²) in [7, 11) is 0. The number of alkyl halides is 1. The van der Waals surface area contributed by atoms with Crippen LogP contribution in [0.3, 0.4) is 0 Å². The third-order valence-electron chi connectivity index (χ3n) is 2.50.